The van der Waals surface area contributed by atoms with E-state index in [0.717, 1.165) is 50.4 Å². The van der Waals surface area contributed by atoms with E-state index in [1.54, 1.807) is 13.4 Å². The summed E-state index contributed by atoms with van der Waals surface area (Å²) in [5.41, 5.74) is 3.14. The van der Waals surface area contributed by atoms with Crippen LogP contribution in [0.1, 0.15) is 42.5 Å². The number of pyridine rings is 1. The lowest BCUT2D eigenvalue weighted by atomic mass is 10.1. The molecule has 5 rings (SSSR count). The van der Waals surface area contributed by atoms with Gasteiger partial charge in [-0.05, 0) is 50.2 Å². The minimum Gasteiger partial charge on any atom is -0.481 e. The smallest absolute Gasteiger partial charge is 0.218 e. The highest BCUT2D eigenvalue weighted by Gasteiger charge is 2.39. The molecule has 2 aromatic heterocycles. The average Bonchev–Trinajstić information content (AvgIpc) is 3.25. The monoisotopic (exact) mass is 376 g/mol. The molecule has 2 fully saturated rings. The molecule has 1 saturated heterocycles. The molecule has 0 N–H and O–H groups in total. The Morgan fingerprint density at radius 1 is 1.18 bits per heavy atom. The van der Waals surface area contributed by atoms with Crippen molar-refractivity contribution >= 4 is 11.6 Å². The summed E-state index contributed by atoms with van der Waals surface area (Å²) >= 11 is 0. The lowest BCUT2D eigenvalue weighted by molar-refractivity contribution is 0.396. The van der Waals surface area contributed by atoms with Crippen molar-refractivity contribution in [2.75, 3.05) is 30.0 Å². The molecule has 0 amide bonds. The number of fused-ring (bicyclic) bond motifs is 1. The molecule has 0 radical (unpaired) electrons. The van der Waals surface area contributed by atoms with Gasteiger partial charge in [-0.15, -0.1) is 0 Å². The topological polar surface area (TPSA) is 78.2 Å². The number of ether oxygens (including phenoxy) is 1. The molecule has 0 spiro atoms. The van der Waals surface area contributed by atoms with Crippen molar-refractivity contribution in [3.8, 4) is 11.9 Å². The Kier molecular flexibility index (Phi) is 4.27. The maximum absolute atomic E-state index is 9.66. The summed E-state index contributed by atoms with van der Waals surface area (Å²) in [6.45, 7) is 1.78. The molecule has 0 bridgehead atoms. The van der Waals surface area contributed by atoms with E-state index < -0.39 is 0 Å². The average molecular weight is 376 g/mol. The highest BCUT2D eigenvalue weighted by Crippen LogP contribution is 2.37. The largest absolute Gasteiger partial charge is 0.481 e. The van der Waals surface area contributed by atoms with Crippen LogP contribution < -0.4 is 14.5 Å². The van der Waals surface area contributed by atoms with Gasteiger partial charge in [-0.3, -0.25) is 0 Å². The van der Waals surface area contributed by atoms with E-state index in [9.17, 15) is 5.26 Å². The van der Waals surface area contributed by atoms with Crippen LogP contribution in [0.2, 0.25) is 0 Å². The van der Waals surface area contributed by atoms with Gasteiger partial charge in [-0.25, -0.2) is 15.0 Å². The zero-order valence-corrected chi connectivity index (χ0v) is 16.1. The van der Waals surface area contributed by atoms with Crippen molar-refractivity contribution in [1.29, 1.82) is 5.26 Å². The van der Waals surface area contributed by atoms with Crippen LogP contribution in [0.3, 0.4) is 0 Å². The van der Waals surface area contributed by atoms with Crippen LogP contribution in [-0.4, -0.2) is 47.2 Å². The number of rotatable bonds is 5. The molecule has 144 valence electrons. The van der Waals surface area contributed by atoms with Crippen LogP contribution in [0.4, 0.5) is 11.6 Å². The lowest BCUT2D eigenvalue weighted by Crippen LogP contribution is -2.40. The van der Waals surface area contributed by atoms with Gasteiger partial charge in [-0.2, -0.15) is 5.26 Å². The van der Waals surface area contributed by atoms with Gasteiger partial charge in [0.2, 0.25) is 5.88 Å². The summed E-state index contributed by atoms with van der Waals surface area (Å²) in [6, 6.07) is 7.25. The summed E-state index contributed by atoms with van der Waals surface area (Å²) in [6.07, 6.45) is 8.22. The van der Waals surface area contributed by atoms with E-state index in [1.165, 1.54) is 24.1 Å². The van der Waals surface area contributed by atoms with Crippen molar-refractivity contribution in [2.45, 2.75) is 50.6 Å². The van der Waals surface area contributed by atoms with Gasteiger partial charge in [0, 0.05) is 36.9 Å². The zero-order chi connectivity index (χ0) is 19.1. The Bertz CT molecular complexity index is 935. The standard InChI is InChI=1S/C21H24N6O/c1-28-20-10-19(23-13-24-20)27(16-5-6-16)17-7-8-26(12-17)21-15(11-22)9-14-3-2-4-18(14)25-21/h9-10,13,16-17H,2-8,12H2,1H3. The van der Waals surface area contributed by atoms with E-state index in [-0.39, 0.29) is 0 Å². The van der Waals surface area contributed by atoms with Gasteiger partial charge in [0.05, 0.1) is 12.7 Å². The van der Waals surface area contributed by atoms with Gasteiger partial charge in [0.25, 0.3) is 0 Å². The fourth-order valence-electron chi connectivity index (χ4n) is 4.55. The maximum atomic E-state index is 9.66. The summed E-state index contributed by atoms with van der Waals surface area (Å²) in [4.78, 5) is 18.3. The Labute approximate surface area is 165 Å². The number of anilines is 2. The third-order valence-corrected chi connectivity index (χ3v) is 6.05. The number of methoxy groups -OCH3 is 1. The normalized spacial score (nSPS) is 20.7. The van der Waals surface area contributed by atoms with Gasteiger partial charge >= 0.3 is 0 Å². The Hall–Kier alpha value is -2.88. The van der Waals surface area contributed by atoms with Crippen molar-refractivity contribution in [2.24, 2.45) is 0 Å². The van der Waals surface area contributed by atoms with E-state index in [0.29, 0.717) is 23.5 Å². The Balaban J connectivity index is 1.41. The number of nitrogens with zero attached hydrogens (tertiary/aromatic N) is 6. The molecule has 3 heterocycles. The zero-order valence-electron chi connectivity index (χ0n) is 16.1. The van der Waals surface area contributed by atoms with E-state index in [2.05, 4.69) is 31.9 Å². The van der Waals surface area contributed by atoms with E-state index in [1.807, 2.05) is 6.07 Å². The molecule has 3 aliphatic rings. The second kappa shape index (κ2) is 6.93. The summed E-state index contributed by atoms with van der Waals surface area (Å²) < 4.78 is 5.30. The molecule has 1 atom stereocenters. The molecule has 1 saturated carbocycles. The van der Waals surface area contributed by atoms with Crippen LogP contribution in [0, 0.1) is 11.3 Å². The highest BCUT2D eigenvalue weighted by atomic mass is 16.5. The second-order valence-corrected chi connectivity index (χ2v) is 7.88. The molecule has 0 aromatic carbocycles. The molecule has 2 aliphatic carbocycles. The first-order valence-electron chi connectivity index (χ1n) is 10.1. The molecular weight excluding hydrogens is 352 g/mol. The third kappa shape index (κ3) is 3.03. The van der Waals surface area contributed by atoms with Crippen LogP contribution in [0.25, 0.3) is 0 Å². The van der Waals surface area contributed by atoms with Gasteiger partial charge in [0.1, 0.15) is 24.0 Å². The second-order valence-electron chi connectivity index (χ2n) is 7.88. The molecule has 7 heteroatoms. The molecule has 28 heavy (non-hydrogen) atoms. The molecule has 7 nitrogen and oxygen atoms in total. The summed E-state index contributed by atoms with van der Waals surface area (Å²) in [5, 5.41) is 9.66. The maximum Gasteiger partial charge on any atom is 0.218 e. The first-order valence-corrected chi connectivity index (χ1v) is 10.1. The van der Waals surface area contributed by atoms with Crippen molar-refractivity contribution in [3.63, 3.8) is 0 Å². The number of hydrogen-bond donors (Lipinski definition) is 0. The van der Waals surface area contributed by atoms with Gasteiger partial charge in [-0.1, -0.05) is 0 Å². The predicted octanol–water partition coefficient (Wildman–Crippen LogP) is 2.49. The molecular formula is C21H24N6O. The Morgan fingerprint density at radius 3 is 2.86 bits per heavy atom. The minimum absolute atomic E-state index is 0.355. The quantitative estimate of drug-likeness (QED) is 0.793. The SMILES string of the molecule is COc1cc(N(C2CC2)C2CCN(c3nc4c(cc3C#N)CCC4)C2)ncn1. The number of nitriles is 1. The summed E-state index contributed by atoms with van der Waals surface area (Å²) in [5.74, 6) is 2.39. The Morgan fingerprint density at radius 2 is 2.07 bits per heavy atom. The molecule has 1 unspecified atom stereocenters. The van der Waals surface area contributed by atoms with E-state index in [4.69, 9.17) is 9.72 Å². The van der Waals surface area contributed by atoms with Crippen LogP contribution >= 0.6 is 0 Å². The van der Waals surface area contributed by atoms with Crippen LogP contribution in [0.5, 0.6) is 5.88 Å². The fraction of sp³-hybridized carbons (Fsp3) is 0.524. The van der Waals surface area contributed by atoms with Crippen LogP contribution in [0.15, 0.2) is 18.5 Å². The molecule has 1 aliphatic heterocycles. The predicted molar refractivity (Wildman–Crippen MR) is 106 cm³/mol. The van der Waals surface area contributed by atoms with Gasteiger partial charge < -0.3 is 14.5 Å². The fourth-order valence-corrected chi connectivity index (χ4v) is 4.55. The van der Waals surface area contributed by atoms with E-state index >= 15 is 0 Å². The lowest BCUT2D eigenvalue weighted by Gasteiger charge is -2.30. The molecule has 2 aromatic rings. The first-order chi connectivity index (χ1) is 13.8. The number of hydrogen-bond acceptors (Lipinski definition) is 7. The van der Waals surface area contributed by atoms with Crippen molar-refractivity contribution < 1.29 is 4.74 Å². The number of aryl methyl sites for hydroxylation is 2. The third-order valence-electron chi connectivity index (χ3n) is 6.05. The number of aromatic nitrogens is 3. The van der Waals surface area contributed by atoms with Crippen LogP contribution in [-0.2, 0) is 12.8 Å². The highest BCUT2D eigenvalue weighted by molar-refractivity contribution is 5.58. The summed E-state index contributed by atoms with van der Waals surface area (Å²) in [7, 11) is 1.63. The first kappa shape index (κ1) is 17.2. The van der Waals surface area contributed by atoms with Crippen molar-refractivity contribution in [3.05, 3.63) is 35.3 Å². The minimum atomic E-state index is 0.355. The van der Waals surface area contributed by atoms with Crippen molar-refractivity contribution in [1.82, 2.24) is 15.0 Å². The van der Waals surface area contributed by atoms with Gasteiger partial charge in [0.15, 0.2) is 0 Å².